The van der Waals surface area contributed by atoms with E-state index in [1.165, 1.54) is 19.1 Å². The number of hydrogen-bond acceptors (Lipinski definition) is 2. The molecule has 1 atom stereocenters. The van der Waals surface area contributed by atoms with Crippen LogP contribution in [0.1, 0.15) is 18.6 Å². The SMILES string of the molecule is C[C@H](O)c1cccc(F)c1Oc1cc(F)cc(F)c1. The Morgan fingerprint density at radius 3 is 2.26 bits per heavy atom. The minimum Gasteiger partial charge on any atom is -0.454 e. The average Bonchev–Trinajstić information content (AvgIpc) is 2.30. The van der Waals surface area contributed by atoms with E-state index in [1.54, 1.807) is 0 Å². The van der Waals surface area contributed by atoms with Gasteiger partial charge in [0, 0.05) is 23.8 Å². The molecule has 5 heteroatoms. The Labute approximate surface area is 108 Å². The molecule has 2 rings (SSSR count). The molecule has 0 saturated heterocycles. The Hall–Kier alpha value is -2.01. The molecule has 19 heavy (non-hydrogen) atoms. The third-order valence-corrected chi connectivity index (χ3v) is 2.50. The van der Waals surface area contributed by atoms with E-state index in [1.807, 2.05) is 0 Å². The number of para-hydroxylation sites is 1. The third kappa shape index (κ3) is 3.06. The molecule has 0 aliphatic carbocycles. The second-order valence-corrected chi connectivity index (χ2v) is 4.04. The molecule has 0 unspecified atom stereocenters. The van der Waals surface area contributed by atoms with Crippen LogP contribution in [0.3, 0.4) is 0 Å². The van der Waals surface area contributed by atoms with Crippen LogP contribution in [0.4, 0.5) is 13.2 Å². The highest BCUT2D eigenvalue weighted by Crippen LogP contribution is 2.32. The van der Waals surface area contributed by atoms with Crippen LogP contribution in [0.2, 0.25) is 0 Å². The summed E-state index contributed by atoms with van der Waals surface area (Å²) < 4.78 is 44.9. The van der Waals surface area contributed by atoms with Crippen molar-refractivity contribution in [1.82, 2.24) is 0 Å². The molecule has 0 radical (unpaired) electrons. The van der Waals surface area contributed by atoms with Crippen LogP contribution in [0.5, 0.6) is 11.5 Å². The van der Waals surface area contributed by atoms with Gasteiger partial charge in [-0.1, -0.05) is 12.1 Å². The second-order valence-electron chi connectivity index (χ2n) is 4.04. The standard InChI is InChI=1S/C14H11F3O2/c1-8(18)12-3-2-4-13(17)14(12)19-11-6-9(15)5-10(16)7-11/h2-8,18H,1H3/t8-/m0/s1. The fourth-order valence-electron chi connectivity index (χ4n) is 1.67. The highest BCUT2D eigenvalue weighted by Gasteiger charge is 2.15. The molecule has 0 aliphatic heterocycles. The number of halogens is 3. The van der Waals surface area contributed by atoms with Crippen molar-refractivity contribution in [2.75, 3.05) is 0 Å². The fourth-order valence-corrected chi connectivity index (χ4v) is 1.67. The van der Waals surface area contributed by atoms with Gasteiger partial charge in [0.1, 0.15) is 17.4 Å². The zero-order valence-electron chi connectivity index (χ0n) is 10.0. The quantitative estimate of drug-likeness (QED) is 0.913. The van der Waals surface area contributed by atoms with Crippen LogP contribution in [-0.4, -0.2) is 5.11 Å². The van der Waals surface area contributed by atoms with Crippen LogP contribution in [0.25, 0.3) is 0 Å². The smallest absolute Gasteiger partial charge is 0.168 e. The summed E-state index contributed by atoms with van der Waals surface area (Å²) >= 11 is 0. The minimum atomic E-state index is -0.968. The molecule has 2 aromatic carbocycles. The van der Waals surface area contributed by atoms with Crippen LogP contribution in [0, 0.1) is 17.5 Å². The topological polar surface area (TPSA) is 29.5 Å². The second kappa shape index (κ2) is 5.32. The Balaban J connectivity index is 2.42. The molecule has 0 bridgehead atoms. The summed E-state index contributed by atoms with van der Waals surface area (Å²) in [5.41, 5.74) is 0.199. The van der Waals surface area contributed by atoms with Gasteiger partial charge in [-0.05, 0) is 13.0 Å². The predicted octanol–water partition coefficient (Wildman–Crippen LogP) is 3.95. The number of benzene rings is 2. The Kier molecular flexibility index (Phi) is 3.76. The van der Waals surface area contributed by atoms with Crippen molar-refractivity contribution >= 4 is 0 Å². The normalized spacial score (nSPS) is 12.3. The van der Waals surface area contributed by atoms with Crippen molar-refractivity contribution in [3.8, 4) is 11.5 Å². The van der Waals surface area contributed by atoms with E-state index >= 15 is 0 Å². The minimum absolute atomic E-state index is 0.176. The van der Waals surface area contributed by atoms with Gasteiger partial charge in [-0.15, -0.1) is 0 Å². The Morgan fingerprint density at radius 2 is 1.68 bits per heavy atom. The monoisotopic (exact) mass is 268 g/mol. The number of aliphatic hydroxyl groups is 1. The number of rotatable bonds is 3. The van der Waals surface area contributed by atoms with Gasteiger partial charge in [0.25, 0.3) is 0 Å². The number of hydrogen-bond donors (Lipinski definition) is 1. The van der Waals surface area contributed by atoms with Crippen LogP contribution in [-0.2, 0) is 0 Å². The molecule has 0 saturated carbocycles. The van der Waals surface area contributed by atoms with Crippen molar-refractivity contribution in [2.24, 2.45) is 0 Å². The fraction of sp³-hybridized carbons (Fsp3) is 0.143. The van der Waals surface area contributed by atoms with Gasteiger partial charge < -0.3 is 9.84 Å². The Morgan fingerprint density at radius 1 is 1.05 bits per heavy atom. The van der Waals surface area contributed by atoms with Crippen LogP contribution in [0.15, 0.2) is 36.4 Å². The lowest BCUT2D eigenvalue weighted by Crippen LogP contribution is -1.99. The number of aliphatic hydroxyl groups excluding tert-OH is 1. The van der Waals surface area contributed by atoms with E-state index in [9.17, 15) is 18.3 Å². The highest BCUT2D eigenvalue weighted by atomic mass is 19.1. The molecule has 0 aromatic heterocycles. The zero-order chi connectivity index (χ0) is 14.0. The van der Waals surface area contributed by atoms with Crippen molar-refractivity contribution in [3.63, 3.8) is 0 Å². The molecule has 2 nitrogen and oxygen atoms in total. The lowest BCUT2D eigenvalue weighted by atomic mass is 10.1. The molecule has 0 spiro atoms. The zero-order valence-corrected chi connectivity index (χ0v) is 10.0. The number of ether oxygens (including phenoxy) is 1. The van der Waals surface area contributed by atoms with E-state index in [0.29, 0.717) is 6.07 Å². The maximum Gasteiger partial charge on any atom is 0.168 e. The van der Waals surface area contributed by atoms with E-state index in [2.05, 4.69) is 0 Å². The van der Waals surface area contributed by atoms with Crippen molar-refractivity contribution in [3.05, 3.63) is 59.4 Å². The molecule has 0 aliphatic rings. The summed E-state index contributed by atoms with van der Waals surface area (Å²) in [6.45, 7) is 1.44. The summed E-state index contributed by atoms with van der Waals surface area (Å²) in [4.78, 5) is 0. The van der Waals surface area contributed by atoms with Gasteiger partial charge in [0.05, 0.1) is 6.10 Å². The van der Waals surface area contributed by atoms with Gasteiger partial charge in [-0.25, -0.2) is 13.2 Å². The molecule has 1 N–H and O–H groups in total. The third-order valence-electron chi connectivity index (χ3n) is 2.50. The van der Waals surface area contributed by atoms with Gasteiger partial charge >= 0.3 is 0 Å². The summed E-state index contributed by atoms with van der Waals surface area (Å²) in [5, 5.41) is 9.52. The van der Waals surface area contributed by atoms with Gasteiger partial charge in [-0.2, -0.15) is 0 Å². The van der Waals surface area contributed by atoms with Gasteiger partial charge in [0.2, 0.25) is 0 Å². The van der Waals surface area contributed by atoms with Crippen LogP contribution >= 0.6 is 0 Å². The van der Waals surface area contributed by atoms with E-state index in [0.717, 1.165) is 18.2 Å². The molecule has 0 fully saturated rings. The predicted molar refractivity (Wildman–Crippen MR) is 63.5 cm³/mol. The van der Waals surface area contributed by atoms with Crippen molar-refractivity contribution < 1.29 is 23.0 Å². The lowest BCUT2D eigenvalue weighted by molar-refractivity contribution is 0.194. The molecular formula is C14H11F3O2. The molecule has 2 aromatic rings. The highest BCUT2D eigenvalue weighted by molar-refractivity contribution is 5.40. The maximum absolute atomic E-state index is 13.7. The van der Waals surface area contributed by atoms with Crippen LogP contribution < -0.4 is 4.74 Å². The summed E-state index contributed by atoms with van der Waals surface area (Å²) in [6, 6.07) is 6.57. The largest absolute Gasteiger partial charge is 0.454 e. The summed E-state index contributed by atoms with van der Waals surface area (Å²) in [6.07, 6.45) is -0.968. The summed E-state index contributed by atoms with van der Waals surface area (Å²) in [5.74, 6) is -2.80. The first-order valence-electron chi connectivity index (χ1n) is 5.58. The van der Waals surface area contributed by atoms with Gasteiger partial charge in [0.15, 0.2) is 11.6 Å². The van der Waals surface area contributed by atoms with E-state index in [-0.39, 0.29) is 17.1 Å². The Bertz CT molecular complexity index is 577. The van der Waals surface area contributed by atoms with E-state index < -0.39 is 23.6 Å². The first kappa shape index (κ1) is 13.4. The summed E-state index contributed by atoms with van der Waals surface area (Å²) in [7, 11) is 0. The molecule has 100 valence electrons. The average molecular weight is 268 g/mol. The lowest BCUT2D eigenvalue weighted by Gasteiger charge is -2.14. The van der Waals surface area contributed by atoms with Crippen molar-refractivity contribution in [2.45, 2.75) is 13.0 Å². The van der Waals surface area contributed by atoms with E-state index in [4.69, 9.17) is 4.74 Å². The van der Waals surface area contributed by atoms with Crippen molar-refractivity contribution in [1.29, 1.82) is 0 Å². The van der Waals surface area contributed by atoms with Gasteiger partial charge in [-0.3, -0.25) is 0 Å². The maximum atomic E-state index is 13.7. The molecule has 0 heterocycles. The first-order chi connectivity index (χ1) is 8.97. The first-order valence-corrected chi connectivity index (χ1v) is 5.58. The molecule has 0 amide bonds. The molecular weight excluding hydrogens is 257 g/mol.